The molecule has 12 heavy (non-hydrogen) atoms. The fraction of sp³-hybridized carbons (Fsp3) is 0.889. The zero-order valence-electron chi connectivity index (χ0n) is 7.51. The normalized spacial score (nSPS) is 20.6. The third kappa shape index (κ3) is 2.47. The molecule has 3 heteroatoms. The summed E-state index contributed by atoms with van der Waals surface area (Å²) in [6.07, 6.45) is 1.95. The fourth-order valence-corrected chi connectivity index (χ4v) is 1.66. The molecule has 70 valence electrons. The minimum absolute atomic E-state index is 0.0336. The number of carboxylic acids is 1. The number of alkyl halides is 1. The van der Waals surface area contributed by atoms with Crippen LogP contribution in [-0.4, -0.2) is 16.7 Å². The van der Waals surface area contributed by atoms with E-state index >= 15 is 0 Å². The molecule has 1 unspecified atom stereocenters. The van der Waals surface area contributed by atoms with E-state index in [1.165, 1.54) is 13.8 Å². The quantitative estimate of drug-likeness (QED) is 0.709. The molecule has 1 aliphatic carbocycles. The van der Waals surface area contributed by atoms with Gasteiger partial charge < -0.3 is 5.11 Å². The molecule has 0 heterocycles. The van der Waals surface area contributed by atoms with Crippen LogP contribution in [0.15, 0.2) is 0 Å². The zero-order valence-corrected chi connectivity index (χ0v) is 7.51. The Hall–Kier alpha value is -0.600. The molecule has 0 amide bonds. The van der Waals surface area contributed by atoms with E-state index in [0.29, 0.717) is 5.92 Å². The van der Waals surface area contributed by atoms with Gasteiger partial charge in [0.05, 0.1) is 6.42 Å². The maximum Gasteiger partial charge on any atom is 0.303 e. The summed E-state index contributed by atoms with van der Waals surface area (Å²) >= 11 is 0. The molecule has 2 nitrogen and oxygen atoms in total. The van der Waals surface area contributed by atoms with Crippen molar-refractivity contribution in [3.63, 3.8) is 0 Å². The van der Waals surface area contributed by atoms with Gasteiger partial charge >= 0.3 is 5.97 Å². The smallest absolute Gasteiger partial charge is 0.303 e. The van der Waals surface area contributed by atoms with Crippen molar-refractivity contribution in [1.82, 2.24) is 0 Å². The summed E-state index contributed by atoms with van der Waals surface area (Å²) in [5.74, 6) is -0.881. The van der Waals surface area contributed by atoms with Crippen molar-refractivity contribution in [2.75, 3.05) is 0 Å². The first-order chi connectivity index (χ1) is 5.41. The highest BCUT2D eigenvalue weighted by molar-refractivity contribution is 5.67. The molecule has 0 bridgehead atoms. The van der Waals surface area contributed by atoms with Crippen molar-refractivity contribution in [3.05, 3.63) is 0 Å². The van der Waals surface area contributed by atoms with Crippen LogP contribution in [0.5, 0.6) is 0 Å². The van der Waals surface area contributed by atoms with E-state index < -0.39 is 11.6 Å². The van der Waals surface area contributed by atoms with Gasteiger partial charge in [-0.25, -0.2) is 4.39 Å². The van der Waals surface area contributed by atoms with E-state index in [4.69, 9.17) is 5.11 Å². The van der Waals surface area contributed by atoms with Crippen molar-refractivity contribution in [2.24, 2.45) is 11.8 Å². The molecule has 1 atom stereocenters. The highest BCUT2D eigenvalue weighted by Gasteiger charge is 2.42. The Morgan fingerprint density at radius 3 is 2.42 bits per heavy atom. The first-order valence-corrected chi connectivity index (χ1v) is 4.32. The standard InChI is InChI=1S/C9H15FO2/c1-9(2,10)7(5-8(11)12)6-3-4-6/h6-7H,3-5H2,1-2H3,(H,11,12). The average molecular weight is 174 g/mol. The lowest BCUT2D eigenvalue weighted by atomic mass is 9.85. The predicted molar refractivity (Wildman–Crippen MR) is 43.7 cm³/mol. The Bertz CT molecular complexity index is 179. The van der Waals surface area contributed by atoms with Gasteiger partial charge in [-0.3, -0.25) is 4.79 Å². The van der Waals surface area contributed by atoms with Gasteiger partial charge in [-0.05, 0) is 32.6 Å². The van der Waals surface area contributed by atoms with Crippen molar-refractivity contribution >= 4 is 5.97 Å². The summed E-state index contributed by atoms with van der Waals surface area (Å²) in [5.41, 5.74) is -1.35. The molecule has 1 aliphatic rings. The van der Waals surface area contributed by atoms with Gasteiger partial charge in [-0.1, -0.05) is 0 Å². The lowest BCUT2D eigenvalue weighted by Crippen LogP contribution is -2.29. The van der Waals surface area contributed by atoms with Crippen LogP contribution < -0.4 is 0 Å². The van der Waals surface area contributed by atoms with Crippen molar-refractivity contribution < 1.29 is 14.3 Å². The summed E-state index contributed by atoms with van der Waals surface area (Å²) in [7, 11) is 0. The van der Waals surface area contributed by atoms with Crippen LogP contribution in [0.2, 0.25) is 0 Å². The fourth-order valence-electron chi connectivity index (χ4n) is 1.66. The minimum atomic E-state index is -1.35. The van der Waals surface area contributed by atoms with E-state index in [0.717, 1.165) is 12.8 Å². The van der Waals surface area contributed by atoms with Crippen LogP contribution in [0.1, 0.15) is 33.1 Å². The van der Waals surface area contributed by atoms with Crippen molar-refractivity contribution in [1.29, 1.82) is 0 Å². The Kier molecular flexibility index (Phi) is 2.40. The molecule has 1 N–H and O–H groups in total. The topological polar surface area (TPSA) is 37.3 Å². The summed E-state index contributed by atoms with van der Waals surface area (Å²) in [5, 5.41) is 8.56. The zero-order chi connectivity index (χ0) is 9.35. The van der Waals surface area contributed by atoms with E-state index in [-0.39, 0.29) is 12.3 Å². The summed E-state index contributed by atoms with van der Waals surface area (Å²) in [6.45, 7) is 2.94. The predicted octanol–water partition coefficient (Wildman–Crippen LogP) is 2.24. The van der Waals surface area contributed by atoms with E-state index in [1.54, 1.807) is 0 Å². The molecule has 1 rings (SSSR count). The molecule has 1 saturated carbocycles. The van der Waals surface area contributed by atoms with Gasteiger partial charge in [0, 0.05) is 5.92 Å². The third-order valence-electron chi connectivity index (χ3n) is 2.47. The molecular formula is C9H15FO2. The maximum atomic E-state index is 13.4. The highest BCUT2D eigenvalue weighted by atomic mass is 19.1. The summed E-state index contributed by atoms with van der Waals surface area (Å²) < 4.78 is 13.4. The van der Waals surface area contributed by atoms with Gasteiger partial charge in [0.25, 0.3) is 0 Å². The van der Waals surface area contributed by atoms with Crippen LogP contribution in [0, 0.1) is 11.8 Å². The van der Waals surface area contributed by atoms with Crippen LogP contribution in [0.4, 0.5) is 4.39 Å². The first kappa shape index (κ1) is 9.49. The van der Waals surface area contributed by atoms with Gasteiger partial charge in [-0.2, -0.15) is 0 Å². The molecule has 0 aromatic rings. The lowest BCUT2D eigenvalue weighted by Gasteiger charge is -2.25. The van der Waals surface area contributed by atoms with Gasteiger partial charge in [0.1, 0.15) is 5.67 Å². The Labute approximate surface area is 71.8 Å². The number of carbonyl (C=O) groups is 1. The molecule has 0 radical (unpaired) electrons. The lowest BCUT2D eigenvalue weighted by molar-refractivity contribution is -0.139. The second-order valence-electron chi connectivity index (χ2n) is 4.11. The first-order valence-electron chi connectivity index (χ1n) is 4.32. The molecule has 0 aromatic carbocycles. The van der Waals surface area contributed by atoms with Gasteiger partial charge in [-0.15, -0.1) is 0 Å². The maximum absolute atomic E-state index is 13.4. The Morgan fingerprint density at radius 2 is 2.17 bits per heavy atom. The second-order valence-corrected chi connectivity index (χ2v) is 4.11. The molecule has 0 saturated heterocycles. The largest absolute Gasteiger partial charge is 0.481 e. The van der Waals surface area contributed by atoms with Gasteiger partial charge in [0.15, 0.2) is 0 Å². The Morgan fingerprint density at radius 1 is 1.67 bits per heavy atom. The number of carboxylic acid groups (broad SMARTS) is 1. The average Bonchev–Trinajstić information content (AvgIpc) is 2.60. The van der Waals surface area contributed by atoms with Crippen LogP contribution in [0.3, 0.4) is 0 Å². The van der Waals surface area contributed by atoms with Crippen LogP contribution in [-0.2, 0) is 4.79 Å². The number of aliphatic carboxylic acids is 1. The number of hydrogen-bond donors (Lipinski definition) is 1. The molecule has 0 spiro atoms. The number of rotatable bonds is 4. The molecular weight excluding hydrogens is 159 g/mol. The monoisotopic (exact) mass is 174 g/mol. The van der Waals surface area contributed by atoms with Crippen LogP contribution in [0.25, 0.3) is 0 Å². The summed E-state index contributed by atoms with van der Waals surface area (Å²) in [6, 6.07) is 0. The Balaban J connectivity index is 2.54. The summed E-state index contributed by atoms with van der Waals surface area (Å²) in [4.78, 5) is 10.4. The molecule has 1 fully saturated rings. The molecule has 0 aliphatic heterocycles. The van der Waals surface area contributed by atoms with E-state index in [1.807, 2.05) is 0 Å². The van der Waals surface area contributed by atoms with E-state index in [2.05, 4.69) is 0 Å². The molecule has 0 aromatic heterocycles. The third-order valence-corrected chi connectivity index (χ3v) is 2.47. The highest BCUT2D eigenvalue weighted by Crippen LogP contribution is 2.45. The van der Waals surface area contributed by atoms with E-state index in [9.17, 15) is 9.18 Å². The SMILES string of the molecule is CC(C)(F)C(CC(=O)O)C1CC1. The second kappa shape index (κ2) is 3.04. The van der Waals surface area contributed by atoms with Crippen LogP contribution >= 0.6 is 0 Å². The minimum Gasteiger partial charge on any atom is -0.481 e. The number of halogens is 1. The van der Waals surface area contributed by atoms with Gasteiger partial charge in [0.2, 0.25) is 0 Å². The number of hydrogen-bond acceptors (Lipinski definition) is 1. The van der Waals surface area contributed by atoms with Crippen molar-refractivity contribution in [3.8, 4) is 0 Å². The van der Waals surface area contributed by atoms with Crippen molar-refractivity contribution in [2.45, 2.75) is 38.8 Å².